The van der Waals surface area contributed by atoms with Crippen molar-refractivity contribution in [1.82, 2.24) is 34.4 Å². The number of H-pyrrole nitrogens is 2. The van der Waals surface area contributed by atoms with Gasteiger partial charge in [-0.15, -0.1) is 0 Å². The standard InChI is InChI=1S/C24H25N9O4/c34-20-18(28-24(36)30-20)11-16-13-26-33-19(16)29-22(31-23(33)27-17-5-6-17)25-12-14-1-3-15(4-2-14)21(35)32-7-9-37-10-8-32/h1-4,11,13,17,34H,5-10,12H2,(H,25,27,31)(H2,28,30,36)/b16-11+. The number of imidazole rings is 1. The molecule has 1 saturated heterocycles. The Kier molecular flexibility index (Phi) is 5.88. The second-order valence-electron chi connectivity index (χ2n) is 8.98. The Bertz CT molecular complexity index is 1630. The lowest BCUT2D eigenvalue weighted by molar-refractivity contribution is 0.0303. The zero-order valence-electron chi connectivity index (χ0n) is 19.8. The fourth-order valence-electron chi connectivity index (χ4n) is 4.05. The lowest BCUT2D eigenvalue weighted by Crippen LogP contribution is -2.40. The van der Waals surface area contributed by atoms with Crippen LogP contribution in [0.1, 0.15) is 34.5 Å². The number of amides is 1. The van der Waals surface area contributed by atoms with Gasteiger partial charge in [-0.1, -0.05) is 12.1 Å². The Hall–Kier alpha value is -4.52. The monoisotopic (exact) mass is 503 g/mol. The van der Waals surface area contributed by atoms with E-state index in [2.05, 4.69) is 35.3 Å². The average molecular weight is 504 g/mol. The highest BCUT2D eigenvalue weighted by Gasteiger charge is 2.21. The quantitative estimate of drug-likeness (QED) is 0.274. The van der Waals surface area contributed by atoms with Crippen molar-refractivity contribution in [3.63, 3.8) is 0 Å². The van der Waals surface area contributed by atoms with Gasteiger partial charge >= 0.3 is 5.69 Å². The number of hydrogen-bond acceptors (Lipinski definition) is 9. The van der Waals surface area contributed by atoms with E-state index in [1.807, 2.05) is 24.3 Å². The van der Waals surface area contributed by atoms with Gasteiger partial charge in [0.25, 0.3) is 11.5 Å². The fourth-order valence-corrected chi connectivity index (χ4v) is 4.05. The lowest BCUT2D eigenvalue weighted by Gasteiger charge is -2.26. The van der Waals surface area contributed by atoms with Crippen molar-refractivity contribution in [3.8, 4) is 5.88 Å². The largest absolute Gasteiger partial charge is 0.493 e. The van der Waals surface area contributed by atoms with Gasteiger partial charge in [0, 0.05) is 30.4 Å². The highest BCUT2D eigenvalue weighted by molar-refractivity contribution is 5.94. The molecule has 6 rings (SSSR count). The van der Waals surface area contributed by atoms with Crippen LogP contribution in [0, 0.1) is 0 Å². The average Bonchev–Trinajstić information content (AvgIpc) is 3.55. The number of fused-ring (bicyclic) bond motifs is 1. The van der Waals surface area contributed by atoms with Gasteiger partial charge in [-0.3, -0.25) is 9.78 Å². The first kappa shape index (κ1) is 22.9. The fraction of sp³-hybridized carbons (Fsp3) is 0.333. The zero-order chi connectivity index (χ0) is 25.4. The topological polar surface area (TPSA) is 166 Å². The van der Waals surface area contributed by atoms with Gasteiger partial charge in [0.05, 0.1) is 25.5 Å². The number of ether oxygens (including phenoxy) is 1. The van der Waals surface area contributed by atoms with E-state index in [9.17, 15) is 14.7 Å². The van der Waals surface area contributed by atoms with Crippen molar-refractivity contribution in [2.45, 2.75) is 25.4 Å². The molecule has 1 amide bonds. The van der Waals surface area contributed by atoms with Crippen molar-refractivity contribution < 1.29 is 14.6 Å². The minimum atomic E-state index is -0.515. The molecule has 4 N–H and O–H groups in total. The van der Waals surface area contributed by atoms with Crippen molar-refractivity contribution >= 4 is 23.6 Å². The molecule has 0 radical (unpaired) electrons. The first-order chi connectivity index (χ1) is 18.0. The van der Waals surface area contributed by atoms with Crippen LogP contribution in [0.3, 0.4) is 0 Å². The summed E-state index contributed by atoms with van der Waals surface area (Å²) in [7, 11) is 0. The third kappa shape index (κ3) is 4.93. The van der Waals surface area contributed by atoms with Crippen LogP contribution in [0.5, 0.6) is 5.88 Å². The molecule has 13 nitrogen and oxygen atoms in total. The summed E-state index contributed by atoms with van der Waals surface area (Å²) >= 11 is 0. The molecular formula is C24H25N9O4. The van der Waals surface area contributed by atoms with E-state index < -0.39 is 5.69 Å². The van der Waals surface area contributed by atoms with Crippen molar-refractivity contribution in [1.29, 1.82) is 0 Å². The van der Waals surface area contributed by atoms with Crippen LogP contribution in [0.4, 0.5) is 5.95 Å². The number of nitrogens with one attached hydrogen (secondary N) is 3. The third-order valence-electron chi connectivity index (χ3n) is 6.21. The minimum Gasteiger partial charge on any atom is -0.493 e. The van der Waals surface area contributed by atoms with Crippen LogP contribution in [-0.2, 0) is 11.3 Å². The minimum absolute atomic E-state index is 0.00207. The summed E-state index contributed by atoms with van der Waals surface area (Å²) in [4.78, 5) is 44.6. The summed E-state index contributed by atoms with van der Waals surface area (Å²) in [5, 5.41) is 18.1. The molecule has 37 heavy (non-hydrogen) atoms. The Morgan fingerprint density at radius 1 is 1.19 bits per heavy atom. The number of rotatable bonds is 6. The maximum absolute atomic E-state index is 12.7. The molecule has 1 aromatic carbocycles. The van der Waals surface area contributed by atoms with E-state index in [1.54, 1.807) is 21.7 Å². The van der Waals surface area contributed by atoms with E-state index in [4.69, 9.17) is 4.74 Å². The summed E-state index contributed by atoms with van der Waals surface area (Å²) in [5.74, 6) is 0.0970. The van der Waals surface area contributed by atoms with Gasteiger partial charge in [0.2, 0.25) is 11.8 Å². The summed E-state index contributed by atoms with van der Waals surface area (Å²) in [6.45, 7) is 2.76. The van der Waals surface area contributed by atoms with Gasteiger partial charge in [-0.25, -0.2) is 9.79 Å². The van der Waals surface area contributed by atoms with Crippen LogP contribution in [0.15, 0.2) is 40.2 Å². The van der Waals surface area contributed by atoms with Crippen LogP contribution in [0.2, 0.25) is 0 Å². The Morgan fingerprint density at radius 2 is 1.97 bits per heavy atom. The molecule has 1 aliphatic carbocycles. The number of aromatic nitrogens is 6. The predicted octanol–water partition coefficient (Wildman–Crippen LogP) is -0.458. The molecule has 4 aromatic rings. The summed E-state index contributed by atoms with van der Waals surface area (Å²) in [6, 6.07) is 7.65. The van der Waals surface area contributed by atoms with Gasteiger partial charge in [-0.05, 0) is 36.6 Å². The summed E-state index contributed by atoms with van der Waals surface area (Å²) < 4.78 is 6.87. The number of nitrogens with zero attached hydrogens (tertiary/aromatic N) is 6. The molecule has 4 heterocycles. The van der Waals surface area contributed by atoms with E-state index >= 15 is 0 Å². The van der Waals surface area contributed by atoms with Gasteiger partial charge < -0.3 is 25.0 Å². The van der Waals surface area contributed by atoms with E-state index in [0.717, 1.165) is 18.4 Å². The normalized spacial score (nSPS) is 17.0. The Labute approximate surface area is 209 Å². The lowest BCUT2D eigenvalue weighted by atomic mass is 10.1. The third-order valence-corrected chi connectivity index (χ3v) is 6.21. The molecule has 0 unspecified atom stereocenters. The summed E-state index contributed by atoms with van der Waals surface area (Å²) in [5.41, 5.74) is 2.20. The predicted molar refractivity (Wildman–Crippen MR) is 132 cm³/mol. The molecule has 1 saturated carbocycles. The van der Waals surface area contributed by atoms with Crippen molar-refractivity contribution in [3.05, 3.63) is 68.6 Å². The molecule has 13 heteroatoms. The highest BCUT2D eigenvalue weighted by atomic mass is 16.5. The molecule has 1 aliphatic heterocycles. The highest BCUT2D eigenvalue weighted by Crippen LogP contribution is 2.22. The number of aromatic amines is 2. The van der Waals surface area contributed by atoms with Gasteiger partial charge in [0.1, 0.15) is 5.69 Å². The number of carbonyl (C=O) groups excluding carboxylic acids is 1. The second kappa shape index (κ2) is 9.50. The molecule has 2 fully saturated rings. The van der Waals surface area contributed by atoms with Gasteiger partial charge in [-0.2, -0.15) is 19.6 Å². The molecule has 190 valence electrons. The van der Waals surface area contributed by atoms with Crippen LogP contribution in [-0.4, -0.2) is 77.8 Å². The molecule has 3 aromatic heterocycles. The molecule has 0 bridgehead atoms. The van der Waals surface area contributed by atoms with Crippen LogP contribution in [0.25, 0.3) is 11.7 Å². The van der Waals surface area contributed by atoms with Crippen molar-refractivity contribution in [2.24, 2.45) is 4.99 Å². The van der Waals surface area contributed by atoms with Crippen molar-refractivity contribution in [2.75, 3.05) is 31.6 Å². The SMILES string of the molecule is O=C(c1ccc(CNc2nc(=NC3CC3)n3nc/c(=C\c4[nH]c(=O)[nH]c4O)c3n2)cc1)N1CCOCC1. The van der Waals surface area contributed by atoms with E-state index in [1.165, 1.54) is 0 Å². The van der Waals surface area contributed by atoms with Gasteiger partial charge in [0.15, 0.2) is 5.65 Å². The number of aromatic hydroxyl groups is 1. The summed E-state index contributed by atoms with van der Waals surface area (Å²) in [6.07, 6.45) is 5.16. The number of carbonyl (C=O) groups is 1. The molecule has 2 aliphatic rings. The number of anilines is 1. The number of benzene rings is 1. The first-order valence-corrected chi connectivity index (χ1v) is 12.1. The first-order valence-electron chi connectivity index (χ1n) is 12.1. The van der Waals surface area contributed by atoms with Crippen LogP contribution < -0.4 is 21.8 Å². The second-order valence-corrected chi connectivity index (χ2v) is 8.98. The molecule has 0 spiro atoms. The molecular weight excluding hydrogens is 478 g/mol. The number of hydrogen-bond donors (Lipinski definition) is 4. The number of morpholine rings is 1. The maximum Gasteiger partial charge on any atom is 0.326 e. The van der Waals surface area contributed by atoms with E-state index in [0.29, 0.717) is 60.8 Å². The Balaban J connectivity index is 1.26. The smallest absolute Gasteiger partial charge is 0.326 e. The maximum atomic E-state index is 12.7. The Morgan fingerprint density at radius 3 is 2.68 bits per heavy atom. The zero-order valence-corrected chi connectivity index (χ0v) is 19.8. The van der Waals surface area contributed by atoms with Crippen LogP contribution >= 0.6 is 0 Å². The van der Waals surface area contributed by atoms with E-state index in [-0.39, 0.29) is 23.5 Å². The molecule has 0 atom stereocenters.